The van der Waals surface area contributed by atoms with Crippen LogP contribution < -0.4 is 15.5 Å². The van der Waals surface area contributed by atoms with E-state index in [0.29, 0.717) is 18.0 Å². The van der Waals surface area contributed by atoms with Gasteiger partial charge in [0, 0.05) is 42.4 Å². The van der Waals surface area contributed by atoms with Crippen LogP contribution in [0.5, 0.6) is 0 Å². The van der Waals surface area contributed by atoms with E-state index in [0.717, 1.165) is 30.6 Å². The van der Waals surface area contributed by atoms with Gasteiger partial charge in [0.25, 0.3) is 0 Å². The first kappa shape index (κ1) is 22.9. The molecule has 33 heavy (non-hydrogen) atoms. The number of nitrogens with zero attached hydrogens (tertiary/aromatic N) is 1. The number of anilines is 2. The summed E-state index contributed by atoms with van der Waals surface area (Å²) in [4.78, 5) is 26.6. The Morgan fingerprint density at radius 1 is 1.15 bits per heavy atom. The second-order valence-corrected chi connectivity index (χ2v) is 9.28. The van der Waals surface area contributed by atoms with Gasteiger partial charge in [-0.15, -0.1) is 0 Å². The highest BCUT2D eigenvalue weighted by molar-refractivity contribution is 5.95. The second kappa shape index (κ2) is 9.69. The number of hydrogen-bond acceptors (Lipinski definition) is 4. The molecule has 1 fully saturated rings. The van der Waals surface area contributed by atoms with Crippen molar-refractivity contribution >= 4 is 23.3 Å². The quantitative estimate of drug-likeness (QED) is 0.538. The molecule has 0 aromatic heterocycles. The molecule has 2 heterocycles. The number of carbonyl (C=O) groups excluding carboxylic acids is 1. The van der Waals surface area contributed by atoms with Gasteiger partial charge in [-0.3, -0.25) is 4.79 Å². The zero-order valence-electron chi connectivity index (χ0n) is 19.5. The largest absolute Gasteiger partial charge is 0.478 e. The van der Waals surface area contributed by atoms with Crippen LogP contribution in [0.25, 0.3) is 0 Å². The lowest BCUT2D eigenvalue weighted by molar-refractivity contribution is -0.117. The molecule has 4 unspecified atom stereocenters. The molecule has 174 valence electrons. The predicted molar refractivity (Wildman–Crippen MR) is 132 cm³/mol. The van der Waals surface area contributed by atoms with Gasteiger partial charge in [-0.1, -0.05) is 36.4 Å². The van der Waals surface area contributed by atoms with Gasteiger partial charge in [0.1, 0.15) is 0 Å². The summed E-state index contributed by atoms with van der Waals surface area (Å²) in [6.07, 6.45) is 3.84. The van der Waals surface area contributed by atoms with Gasteiger partial charge in [-0.25, -0.2) is 4.79 Å². The van der Waals surface area contributed by atoms with E-state index in [-0.39, 0.29) is 23.9 Å². The summed E-state index contributed by atoms with van der Waals surface area (Å²) in [5.41, 5.74) is 4.31. The van der Waals surface area contributed by atoms with Crippen LogP contribution in [0.1, 0.15) is 55.5 Å². The molecular formula is C27H33N3O3. The normalized spacial score (nSPS) is 24.3. The number of aromatic carboxylic acids is 1. The van der Waals surface area contributed by atoms with Crippen LogP contribution in [-0.4, -0.2) is 42.2 Å². The first-order valence-corrected chi connectivity index (χ1v) is 11.8. The highest BCUT2D eigenvalue weighted by atomic mass is 16.4. The number of fused-ring (bicyclic) bond motifs is 1. The van der Waals surface area contributed by atoms with Gasteiger partial charge < -0.3 is 20.6 Å². The Hall–Kier alpha value is -3.28. The highest BCUT2D eigenvalue weighted by Gasteiger charge is 2.36. The van der Waals surface area contributed by atoms with Crippen LogP contribution in [0, 0.1) is 5.92 Å². The number of amides is 1. The van der Waals surface area contributed by atoms with Crippen molar-refractivity contribution in [3.05, 3.63) is 71.3 Å². The number of carbonyl (C=O) groups is 2. The molecule has 0 spiro atoms. The molecule has 0 saturated carbocycles. The van der Waals surface area contributed by atoms with Crippen LogP contribution in [0.3, 0.4) is 0 Å². The molecule has 2 aromatic carbocycles. The molecule has 0 aliphatic carbocycles. The molecule has 2 aromatic rings. The Kier molecular flexibility index (Phi) is 6.72. The maximum Gasteiger partial charge on any atom is 0.337 e. The average Bonchev–Trinajstić information content (AvgIpc) is 3.33. The third-order valence-corrected chi connectivity index (χ3v) is 7.10. The van der Waals surface area contributed by atoms with Crippen LogP contribution in [0.2, 0.25) is 0 Å². The van der Waals surface area contributed by atoms with E-state index in [1.54, 1.807) is 12.1 Å². The zero-order valence-corrected chi connectivity index (χ0v) is 19.5. The maximum atomic E-state index is 12.7. The van der Waals surface area contributed by atoms with E-state index in [4.69, 9.17) is 0 Å². The number of benzene rings is 2. The maximum absolute atomic E-state index is 12.7. The SMILES string of the molecule is C/C(=C/C1CC(C)N(c2ccccc2C(=O)O)C1C)C(=O)NCCC1CNc2ccccc21. The van der Waals surface area contributed by atoms with Crippen molar-refractivity contribution in [2.75, 3.05) is 23.3 Å². The molecule has 4 atom stereocenters. The third kappa shape index (κ3) is 4.75. The average molecular weight is 448 g/mol. The van der Waals surface area contributed by atoms with Gasteiger partial charge in [0.2, 0.25) is 5.91 Å². The first-order chi connectivity index (χ1) is 15.9. The lowest BCUT2D eigenvalue weighted by Gasteiger charge is -2.30. The molecule has 1 saturated heterocycles. The summed E-state index contributed by atoms with van der Waals surface area (Å²) in [7, 11) is 0. The Morgan fingerprint density at radius 3 is 2.67 bits per heavy atom. The number of carboxylic acids is 1. The van der Waals surface area contributed by atoms with E-state index in [1.807, 2.05) is 25.1 Å². The predicted octanol–water partition coefficient (Wildman–Crippen LogP) is 4.65. The minimum Gasteiger partial charge on any atom is -0.478 e. The van der Waals surface area contributed by atoms with Gasteiger partial charge in [0.05, 0.1) is 11.3 Å². The Balaban J connectivity index is 1.37. The summed E-state index contributed by atoms with van der Waals surface area (Å²) in [5, 5.41) is 16.1. The summed E-state index contributed by atoms with van der Waals surface area (Å²) in [5.74, 6) is -0.346. The van der Waals surface area contributed by atoms with Crippen LogP contribution >= 0.6 is 0 Å². The molecule has 4 rings (SSSR count). The summed E-state index contributed by atoms with van der Waals surface area (Å²) >= 11 is 0. The van der Waals surface area contributed by atoms with Gasteiger partial charge in [0.15, 0.2) is 0 Å². The lowest BCUT2D eigenvalue weighted by atomic mass is 9.96. The fourth-order valence-corrected chi connectivity index (χ4v) is 5.37. The Bertz CT molecular complexity index is 1060. The molecule has 1 amide bonds. The van der Waals surface area contributed by atoms with Crippen molar-refractivity contribution in [2.45, 2.75) is 51.6 Å². The van der Waals surface area contributed by atoms with Gasteiger partial charge in [-0.05, 0) is 63.3 Å². The molecule has 2 aliphatic rings. The number of rotatable bonds is 7. The summed E-state index contributed by atoms with van der Waals surface area (Å²) < 4.78 is 0. The molecule has 6 heteroatoms. The van der Waals surface area contributed by atoms with Crippen LogP contribution in [-0.2, 0) is 4.79 Å². The van der Waals surface area contributed by atoms with E-state index in [9.17, 15) is 14.7 Å². The number of hydrogen-bond donors (Lipinski definition) is 3. The van der Waals surface area contributed by atoms with Gasteiger partial charge in [-0.2, -0.15) is 0 Å². The van der Waals surface area contributed by atoms with Gasteiger partial charge >= 0.3 is 5.97 Å². The molecule has 3 N–H and O–H groups in total. The standard InChI is InChI=1S/C27H33N3O3/c1-17(26(31)28-13-12-20-16-29-24-10-6-4-8-22(20)24)14-21-15-18(2)30(19(21)3)25-11-7-5-9-23(25)27(32)33/h4-11,14,18-21,29H,12-13,15-16H2,1-3H3,(H,28,31)(H,32,33)/b17-14-. The fraction of sp³-hybridized carbons (Fsp3) is 0.407. The van der Waals surface area contributed by atoms with Crippen molar-refractivity contribution in [3.63, 3.8) is 0 Å². The minimum absolute atomic E-state index is 0.0292. The summed E-state index contributed by atoms with van der Waals surface area (Å²) in [6.45, 7) is 7.65. The zero-order chi connectivity index (χ0) is 23.5. The monoisotopic (exact) mass is 447 g/mol. The smallest absolute Gasteiger partial charge is 0.337 e. The molecule has 0 radical (unpaired) electrons. The Labute approximate surface area is 195 Å². The lowest BCUT2D eigenvalue weighted by Crippen LogP contribution is -2.35. The number of carboxylic acid groups (broad SMARTS) is 1. The molecule has 2 aliphatic heterocycles. The van der Waals surface area contributed by atoms with Crippen molar-refractivity contribution in [1.82, 2.24) is 5.32 Å². The van der Waals surface area contributed by atoms with E-state index < -0.39 is 5.97 Å². The topological polar surface area (TPSA) is 81.7 Å². The third-order valence-electron chi connectivity index (χ3n) is 7.10. The molecule has 6 nitrogen and oxygen atoms in total. The minimum atomic E-state index is -0.917. The molecule has 0 bridgehead atoms. The van der Waals surface area contributed by atoms with Crippen molar-refractivity contribution in [3.8, 4) is 0 Å². The second-order valence-electron chi connectivity index (χ2n) is 9.28. The highest BCUT2D eigenvalue weighted by Crippen LogP contribution is 2.37. The van der Waals surface area contributed by atoms with Crippen molar-refractivity contribution in [1.29, 1.82) is 0 Å². The first-order valence-electron chi connectivity index (χ1n) is 11.8. The number of nitrogens with one attached hydrogen (secondary N) is 2. The van der Waals surface area contributed by atoms with E-state index in [2.05, 4.69) is 53.7 Å². The van der Waals surface area contributed by atoms with E-state index >= 15 is 0 Å². The Morgan fingerprint density at radius 2 is 1.88 bits per heavy atom. The van der Waals surface area contributed by atoms with Crippen LogP contribution in [0.15, 0.2) is 60.2 Å². The molecular weight excluding hydrogens is 414 g/mol. The summed E-state index contributed by atoms with van der Waals surface area (Å²) in [6, 6.07) is 15.8. The fourth-order valence-electron chi connectivity index (χ4n) is 5.37. The van der Waals surface area contributed by atoms with Crippen molar-refractivity contribution < 1.29 is 14.7 Å². The number of para-hydroxylation sites is 2. The van der Waals surface area contributed by atoms with Crippen molar-refractivity contribution in [2.24, 2.45) is 5.92 Å². The van der Waals surface area contributed by atoms with E-state index in [1.165, 1.54) is 11.3 Å². The van der Waals surface area contributed by atoms with Crippen LogP contribution in [0.4, 0.5) is 11.4 Å².